The van der Waals surface area contributed by atoms with Crippen molar-refractivity contribution in [2.24, 2.45) is 0 Å². The highest BCUT2D eigenvalue weighted by Crippen LogP contribution is 2.26. The fraction of sp³-hybridized carbons (Fsp3) is 0.556. The number of para-hydroxylation sites is 2. The van der Waals surface area contributed by atoms with Gasteiger partial charge in [0, 0.05) is 19.1 Å². The molecule has 1 aromatic carbocycles. The van der Waals surface area contributed by atoms with E-state index in [0.717, 1.165) is 12.8 Å². The molecule has 0 aromatic heterocycles. The summed E-state index contributed by atoms with van der Waals surface area (Å²) in [6.45, 7) is 5.58. The topological polar surface area (TPSA) is 77.1 Å². The quantitative estimate of drug-likeness (QED) is 0.816. The van der Waals surface area contributed by atoms with Gasteiger partial charge in [0.1, 0.15) is 0 Å². The van der Waals surface area contributed by atoms with E-state index < -0.39 is 6.09 Å². The summed E-state index contributed by atoms with van der Waals surface area (Å²) in [4.78, 5) is 25.6. The highest BCUT2D eigenvalue weighted by atomic mass is 16.5. The summed E-state index contributed by atoms with van der Waals surface area (Å²) in [7, 11) is 0. The number of nitrogens with one attached hydrogen (secondary N) is 1. The molecule has 2 rings (SSSR count). The molecule has 0 aliphatic carbocycles. The van der Waals surface area contributed by atoms with Gasteiger partial charge in [-0.3, -0.25) is 4.79 Å². The van der Waals surface area contributed by atoms with Crippen LogP contribution in [0.3, 0.4) is 0 Å². The van der Waals surface area contributed by atoms with Crippen molar-refractivity contribution in [2.75, 3.05) is 32.9 Å². The molecule has 1 aliphatic rings. The second-order valence-corrected chi connectivity index (χ2v) is 5.71. The smallest absolute Gasteiger partial charge is 0.407 e. The third kappa shape index (κ3) is 5.85. The Morgan fingerprint density at radius 2 is 1.88 bits per heavy atom. The van der Waals surface area contributed by atoms with Crippen LogP contribution < -0.4 is 14.8 Å². The molecule has 1 atom stereocenters. The third-order valence-electron chi connectivity index (χ3n) is 3.87. The first-order chi connectivity index (χ1) is 12.1. The Bertz CT molecular complexity index is 578. The number of piperidine rings is 1. The molecule has 0 spiro atoms. The molecule has 7 nitrogen and oxygen atoms in total. The molecule has 1 N–H and O–H groups in total. The van der Waals surface area contributed by atoms with Crippen LogP contribution in [0.5, 0.6) is 11.5 Å². The Balaban J connectivity index is 1.85. The SMILES string of the molecule is CCOC(=O)N[C@@H]1CCCN(C(=O)COc2ccccc2OCC)C1. The third-order valence-corrected chi connectivity index (χ3v) is 3.87. The largest absolute Gasteiger partial charge is 0.490 e. The molecule has 7 heteroatoms. The van der Waals surface area contributed by atoms with Gasteiger partial charge in [-0.05, 0) is 38.8 Å². The Hall–Kier alpha value is -2.44. The molecular weight excluding hydrogens is 324 g/mol. The molecular formula is C18H26N2O5. The Morgan fingerprint density at radius 1 is 1.16 bits per heavy atom. The van der Waals surface area contributed by atoms with Crippen molar-refractivity contribution in [1.82, 2.24) is 10.2 Å². The lowest BCUT2D eigenvalue weighted by molar-refractivity contribution is -0.134. The average Bonchev–Trinajstić information content (AvgIpc) is 2.61. The molecule has 138 valence electrons. The van der Waals surface area contributed by atoms with Crippen LogP contribution in [-0.4, -0.2) is 55.9 Å². The predicted molar refractivity (Wildman–Crippen MR) is 92.9 cm³/mol. The molecule has 0 unspecified atom stereocenters. The Labute approximate surface area is 148 Å². The molecule has 2 amide bonds. The normalized spacial score (nSPS) is 16.9. The van der Waals surface area contributed by atoms with Crippen LogP contribution in [0.4, 0.5) is 4.79 Å². The molecule has 25 heavy (non-hydrogen) atoms. The number of amides is 2. The van der Waals surface area contributed by atoms with Gasteiger partial charge < -0.3 is 24.4 Å². The second-order valence-electron chi connectivity index (χ2n) is 5.71. The Kier molecular flexibility index (Phi) is 7.37. The summed E-state index contributed by atoms with van der Waals surface area (Å²) < 4.78 is 16.0. The van der Waals surface area contributed by atoms with E-state index in [2.05, 4.69) is 5.32 Å². The summed E-state index contributed by atoms with van der Waals surface area (Å²) in [6, 6.07) is 7.19. The zero-order valence-electron chi connectivity index (χ0n) is 14.8. The highest BCUT2D eigenvalue weighted by Gasteiger charge is 2.25. The van der Waals surface area contributed by atoms with Crippen LogP contribution in [0, 0.1) is 0 Å². The van der Waals surface area contributed by atoms with Gasteiger partial charge in [0.25, 0.3) is 5.91 Å². The van der Waals surface area contributed by atoms with Gasteiger partial charge in [-0.1, -0.05) is 12.1 Å². The van der Waals surface area contributed by atoms with E-state index in [-0.39, 0.29) is 18.6 Å². The standard InChI is InChI=1S/C18H26N2O5/c1-3-23-15-9-5-6-10-16(15)25-13-17(21)20-11-7-8-14(12-20)19-18(22)24-4-2/h5-6,9-10,14H,3-4,7-8,11-13H2,1-2H3,(H,19,22)/t14-/m1/s1. The summed E-state index contributed by atoms with van der Waals surface area (Å²) in [5, 5.41) is 2.79. The van der Waals surface area contributed by atoms with E-state index in [0.29, 0.717) is 37.8 Å². The van der Waals surface area contributed by atoms with Gasteiger partial charge in [0.05, 0.1) is 13.2 Å². The van der Waals surface area contributed by atoms with Crippen LogP contribution >= 0.6 is 0 Å². The molecule has 0 radical (unpaired) electrons. The maximum Gasteiger partial charge on any atom is 0.407 e. The van der Waals surface area contributed by atoms with Gasteiger partial charge in [0.15, 0.2) is 18.1 Å². The van der Waals surface area contributed by atoms with Crippen LogP contribution in [-0.2, 0) is 9.53 Å². The van der Waals surface area contributed by atoms with Crippen LogP contribution in [0.1, 0.15) is 26.7 Å². The van der Waals surface area contributed by atoms with E-state index in [1.165, 1.54) is 0 Å². The summed E-state index contributed by atoms with van der Waals surface area (Å²) in [5.74, 6) is 1.07. The van der Waals surface area contributed by atoms with Gasteiger partial charge in [-0.25, -0.2) is 4.79 Å². The van der Waals surface area contributed by atoms with Crippen molar-refractivity contribution in [2.45, 2.75) is 32.7 Å². The van der Waals surface area contributed by atoms with E-state index in [1.54, 1.807) is 17.9 Å². The zero-order chi connectivity index (χ0) is 18.1. The highest BCUT2D eigenvalue weighted by molar-refractivity contribution is 5.78. The fourth-order valence-electron chi connectivity index (χ4n) is 2.74. The first-order valence-electron chi connectivity index (χ1n) is 8.69. The second kappa shape index (κ2) is 9.76. The van der Waals surface area contributed by atoms with E-state index in [4.69, 9.17) is 14.2 Å². The molecule has 1 aromatic rings. The molecule has 1 aliphatic heterocycles. The molecule has 1 heterocycles. The van der Waals surface area contributed by atoms with Crippen LogP contribution in [0.15, 0.2) is 24.3 Å². The minimum absolute atomic E-state index is 0.0593. The van der Waals surface area contributed by atoms with Crippen molar-refractivity contribution in [3.05, 3.63) is 24.3 Å². The van der Waals surface area contributed by atoms with Crippen molar-refractivity contribution in [3.8, 4) is 11.5 Å². The van der Waals surface area contributed by atoms with E-state index in [1.807, 2.05) is 25.1 Å². The monoisotopic (exact) mass is 350 g/mol. The first-order valence-corrected chi connectivity index (χ1v) is 8.69. The summed E-state index contributed by atoms with van der Waals surface area (Å²) in [5.41, 5.74) is 0. The number of hydrogen-bond acceptors (Lipinski definition) is 5. The Morgan fingerprint density at radius 3 is 2.56 bits per heavy atom. The number of nitrogens with zero attached hydrogens (tertiary/aromatic N) is 1. The number of carbonyl (C=O) groups excluding carboxylic acids is 2. The summed E-state index contributed by atoms with van der Waals surface area (Å²) >= 11 is 0. The van der Waals surface area contributed by atoms with E-state index >= 15 is 0 Å². The van der Waals surface area contributed by atoms with Gasteiger partial charge in [-0.2, -0.15) is 0 Å². The van der Waals surface area contributed by atoms with Crippen LogP contribution in [0.25, 0.3) is 0 Å². The molecule has 0 saturated carbocycles. The fourth-order valence-corrected chi connectivity index (χ4v) is 2.74. The lowest BCUT2D eigenvalue weighted by Crippen LogP contribution is -2.50. The number of rotatable bonds is 7. The number of carbonyl (C=O) groups is 2. The minimum atomic E-state index is -0.441. The van der Waals surface area contributed by atoms with E-state index in [9.17, 15) is 9.59 Å². The number of alkyl carbamates (subject to hydrolysis) is 1. The molecule has 1 fully saturated rings. The molecule has 0 bridgehead atoms. The van der Waals surface area contributed by atoms with Crippen molar-refractivity contribution < 1.29 is 23.8 Å². The maximum absolute atomic E-state index is 12.4. The average molecular weight is 350 g/mol. The van der Waals surface area contributed by atoms with Gasteiger partial charge >= 0.3 is 6.09 Å². The van der Waals surface area contributed by atoms with Gasteiger partial charge in [0.2, 0.25) is 0 Å². The number of hydrogen-bond donors (Lipinski definition) is 1. The predicted octanol–water partition coefficient (Wildman–Crippen LogP) is 2.20. The molecule has 1 saturated heterocycles. The lowest BCUT2D eigenvalue weighted by atomic mass is 10.1. The van der Waals surface area contributed by atoms with Crippen molar-refractivity contribution in [3.63, 3.8) is 0 Å². The maximum atomic E-state index is 12.4. The number of likely N-dealkylation sites (tertiary alicyclic amines) is 1. The van der Waals surface area contributed by atoms with Gasteiger partial charge in [-0.15, -0.1) is 0 Å². The lowest BCUT2D eigenvalue weighted by Gasteiger charge is -2.32. The van der Waals surface area contributed by atoms with Crippen molar-refractivity contribution >= 4 is 12.0 Å². The van der Waals surface area contributed by atoms with Crippen molar-refractivity contribution in [1.29, 1.82) is 0 Å². The number of benzene rings is 1. The minimum Gasteiger partial charge on any atom is -0.490 e. The first kappa shape index (κ1) is 18.9. The number of ether oxygens (including phenoxy) is 3. The zero-order valence-corrected chi connectivity index (χ0v) is 14.8. The summed E-state index contributed by atoms with van der Waals surface area (Å²) in [6.07, 6.45) is 1.22. The van der Waals surface area contributed by atoms with Crippen LogP contribution in [0.2, 0.25) is 0 Å².